The molecule has 0 unspecified atom stereocenters. The molecule has 3 nitrogen and oxygen atoms in total. The fourth-order valence-corrected chi connectivity index (χ4v) is 3.53. The highest BCUT2D eigenvalue weighted by atomic mass is 35.5. The first-order chi connectivity index (χ1) is 11.6. The second-order valence-corrected chi connectivity index (χ2v) is 7.27. The van der Waals surface area contributed by atoms with Gasteiger partial charge in [-0.25, -0.2) is 0 Å². The zero-order valence-corrected chi connectivity index (χ0v) is 15.3. The molecule has 1 amide bonds. The van der Waals surface area contributed by atoms with E-state index in [9.17, 15) is 4.79 Å². The molecule has 0 spiro atoms. The lowest BCUT2D eigenvalue weighted by atomic mass is 10.2. The van der Waals surface area contributed by atoms with Crippen LogP contribution in [0, 0.1) is 0 Å². The van der Waals surface area contributed by atoms with E-state index in [1.807, 2.05) is 36.4 Å². The lowest BCUT2D eigenvalue weighted by molar-refractivity contribution is -0.122. The van der Waals surface area contributed by atoms with Gasteiger partial charge in [0, 0.05) is 15.6 Å². The van der Waals surface area contributed by atoms with E-state index in [1.54, 1.807) is 18.2 Å². The van der Waals surface area contributed by atoms with E-state index in [0.717, 1.165) is 5.56 Å². The third-order valence-corrected chi connectivity index (χ3v) is 5.15. The fraction of sp³-hybridized carbons (Fsp3) is 0. The lowest BCUT2D eigenvalue weighted by Gasteiger charge is -2.06. The van der Waals surface area contributed by atoms with E-state index in [1.165, 1.54) is 23.0 Å². The SMILES string of the molecule is O=C1/C(=C\c2ccccc2Cl)SC(=S)N1/N=C\c1ccccc1Cl. The molecule has 24 heavy (non-hydrogen) atoms. The number of amides is 1. The largest absolute Gasteiger partial charge is 0.286 e. The maximum Gasteiger partial charge on any atom is 0.286 e. The summed E-state index contributed by atoms with van der Waals surface area (Å²) in [6.45, 7) is 0. The third kappa shape index (κ3) is 3.70. The zero-order valence-electron chi connectivity index (χ0n) is 12.1. The molecule has 1 aliphatic heterocycles. The van der Waals surface area contributed by atoms with Crippen LogP contribution in [0.2, 0.25) is 10.0 Å². The first-order valence-corrected chi connectivity index (χ1v) is 8.85. The number of hydrogen-bond donors (Lipinski definition) is 0. The van der Waals surface area contributed by atoms with Crippen LogP contribution in [-0.2, 0) is 4.79 Å². The van der Waals surface area contributed by atoms with Gasteiger partial charge in [-0.3, -0.25) is 4.79 Å². The Labute approximate surface area is 158 Å². The number of carbonyl (C=O) groups excluding carboxylic acids is 1. The molecule has 1 saturated heterocycles. The molecule has 0 radical (unpaired) electrons. The Balaban J connectivity index is 1.85. The van der Waals surface area contributed by atoms with Gasteiger partial charge in [0.25, 0.3) is 5.91 Å². The molecule has 1 heterocycles. The fourth-order valence-electron chi connectivity index (χ4n) is 1.99. The van der Waals surface area contributed by atoms with Crippen molar-refractivity contribution in [2.24, 2.45) is 5.10 Å². The molecule has 0 bridgehead atoms. The van der Waals surface area contributed by atoms with Crippen LogP contribution in [0.5, 0.6) is 0 Å². The van der Waals surface area contributed by atoms with E-state index < -0.39 is 0 Å². The Bertz CT molecular complexity index is 880. The molecule has 1 fully saturated rings. The van der Waals surface area contributed by atoms with Crippen molar-refractivity contribution >= 4 is 69.7 Å². The Morgan fingerprint density at radius 3 is 2.21 bits per heavy atom. The van der Waals surface area contributed by atoms with Crippen molar-refractivity contribution in [3.05, 3.63) is 74.6 Å². The maximum atomic E-state index is 12.5. The molecular weight excluding hydrogens is 383 g/mol. The number of rotatable bonds is 3. The van der Waals surface area contributed by atoms with Crippen molar-refractivity contribution in [2.75, 3.05) is 0 Å². The average molecular weight is 393 g/mol. The molecule has 7 heteroatoms. The molecule has 120 valence electrons. The van der Waals surface area contributed by atoms with E-state index >= 15 is 0 Å². The van der Waals surface area contributed by atoms with Crippen molar-refractivity contribution in [3.63, 3.8) is 0 Å². The van der Waals surface area contributed by atoms with Crippen LogP contribution in [0.3, 0.4) is 0 Å². The van der Waals surface area contributed by atoms with Gasteiger partial charge >= 0.3 is 0 Å². The van der Waals surface area contributed by atoms with E-state index in [0.29, 0.717) is 24.8 Å². The molecule has 1 aliphatic rings. The molecule has 0 atom stereocenters. The number of thioether (sulfide) groups is 1. The summed E-state index contributed by atoms with van der Waals surface area (Å²) >= 11 is 18.6. The number of hydrogen-bond acceptors (Lipinski definition) is 4. The van der Waals surface area contributed by atoms with Gasteiger partial charge < -0.3 is 0 Å². The molecule has 0 aromatic heterocycles. The summed E-state index contributed by atoms with van der Waals surface area (Å²) in [5, 5.41) is 6.48. The number of thiocarbonyl (C=S) groups is 1. The van der Waals surface area contributed by atoms with Gasteiger partial charge in [-0.05, 0) is 36.0 Å². The summed E-state index contributed by atoms with van der Waals surface area (Å²) in [6, 6.07) is 14.5. The van der Waals surface area contributed by atoms with Gasteiger partial charge in [0.1, 0.15) is 0 Å². The van der Waals surface area contributed by atoms with Crippen molar-refractivity contribution in [1.82, 2.24) is 5.01 Å². The molecule has 0 aliphatic carbocycles. The second-order valence-electron chi connectivity index (χ2n) is 4.78. The normalized spacial score (nSPS) is 16.6. The summed E-state index contributed by atoms with van der Waals surface area (Å²) < 4.78 is 0.363. The average Bonchev–Trinajstić information content (AvgIpc) is 2.83. The first-order valence-electron chi connectivity index (χ1n) is 6.87. The van der Waals surface area contributed by atoms with Crippen LogP contribution >= 0.6 is 47.2 Å². The summed E-state index contributed by atoms with van der Waals surface area (Å²) in [5.74, 6) is -0.284. The topological polar surface area (TPSA) is 32.7 Å². The number of benzene rings is 2. The quantitative estimate of drug-likeness (QED) is 0.407. The van der Waals surface area contributed by atoms with Gasteiger partial charge in [-0.2, -0.15) is 10.1 Å². The van der Waals surface area contributed by atoms with Gasteiger partial charge in [-0.1, -0.05) is 71.4 Å². The first kappa shape index (κ1) is 17.2. The number of hydrazone groups is 1. The highest BCUT2D eigenvalue weighted by Crippen LogP contribution is 2.33. The minimum absolute atomic E-state index is 0.284. The van der Waals surface area contributed by atoms with E-state index in [-0.39, 0.29) is 5.91 Å². The monoisotopic (exact) mass is 392 g/mol. The standard InChI is InChI=1S/C17H10Cl2N2OS2/c18-13-7-3-1-5-11(13)9-15-16(22)21(17(23)24-15)20-10-12-6-2-4-8-14(12)19/h1-10H/b15-9+,20-10-. The molecule has 0 saturated carbocycles. The van der Waals surface area contributed by atoms with Crippen LogP contribution in [-0.4, -0.2) is 21.5 Å². The van der Waals surface area contributed by atoms with Crippen LogP contribution < -0.4 is 0 Å². The van der Waals surface area contributed by atoms with Crippen molar-refractivity contribution in [3.8, 4) is 0 Å². The van der Waals surface area contributed by atoms with Crippen molar-refractivity contribution in [2.45, 2.75) is 0 Å². The van der Waals surface area contributed by atoms with Crippen molar-refractivity contribution < 1.29 is 4.79 Å². The molecule has 0 N–H and O–H groups in total. The Kier molecular flexibility index (Phi) is 5.36. The minimum atomic E-state index is -0.284. The van der Waals surface area contributed by atoms with Crippen LogP contribution in [0.4, 0.5) is 0 Å². The van der Waals surface area contributed by atoms with Crippen LogP contribution in [0.25, 0.3) is 6.08 Å². The summed E-state index contributed by atoms with van der Waals surface area (Å²) in [7, 11) is 0. The smallest absolute Gasteiger partial charge is 0.266 e. The maximum absolute atomic E-state index is 12.5. The summed E-state index contributed by atoms with van der Waals surface area (Å²) in [4.78, 5) is 13.0. The number of nitrogens with zero attached hydrogens (tertiary/aromatic N) is 2. The number of halogens is 2. The molecule has 3 rings (SSSR count). The predicted octanol–water partition coefficient (Wildman–Crippen LogP) is 5.23. The molecule has 2 aromatic rings. The Morgan fingerprint density at radius 2 is 1.58 bits per heavy atom. The Morgan fingerprint density at radius 1 is 1.00 bits per heavy atom. The van der Waals surface area contributed by atoms with Gasteiger partial charge in [0.15, 0.2) is 4.32 Å². The number of carbonyl (C=O) groups is 1. The second kappa shape index (κ2) is 7.49. The van der Waals surface area contributed by atoms with Crippen LogP contribution in [0.15, 0.2) is 58.5 Å². The minimum Gasteiger partial charge on any atom is -0.266 e. The zero-order chi connectivity index (χ0) is 17.1. The van der Waals surface area contributed by atoms with Crippen LogP contribution in [0.1, 0.15) is 11.1 Å². The van der Waals surface area contributed by atoms with Gasteiger partial charge in [0.05, 0.1) is 11.1 Å². The van der Waals surface area contributed by atoms with Gasteiger partial charge in [-0.15, -0.1) is 0 Å². The van der Waals surface area contributed by atoms with Crippen molar-refractivity contribution in [1.29, 1.82) is 0 Å². The molecule has 2 aromatic carbocycles. The highest BCUT2D eigenvalue weighted by molar-refractivity contribution is 8.26. The highest BCUT2D eigenvalue weighted by Gasteiger charge is 2.32. The molecular formula is C17H10Cl2N2OS2. The van der Waals surface area contributed by atoms with E-state index in [4.69, 9.17) is 35.4 Å². The summed E-state index contributed by atoms with van der Waals surface area (Å²) in [5.41, 5.74) is 1.47. The lowest BCUT2D eigenvalue weighted by Crippen LogP contribution is -2.22. The summed E-state index contributed by atoms with van der Waals surface area (Å²) in [6.07, 6.45) is 3.23. The van der Waals surface area contributed by atoms with E-state index in [2.05, 4.69) is 5.10 Å². The van der Waals surface area contributed by atoms with Gasteiger partial charge in [0.2, 0.25) is 0 Å². The predicted molar refractivity (Wildman–Crippen MR) is 106 cm³/mol. The third-order valence-electron chi connectivity index (χ3n) is 3.18. The Hall–Kier alpha value is -1.66.